The van der Waals surface area contributed by atoms with E-state index in [9.17, 15) is 19.2 Å². The summed E-state index contributed by atoms with van der Waals surface area (Å²) in [6.45, 7) is 0. The van der Waals surface area contributed by atoms with Crippen molar-refractivity contribution in [3.8, 4) is 11.4 Å². The van der Waals surface area contributed by atoms with Crippen LogP contribution in [0.4, 0.5) is 22.7 Å². The van der Waals surface area contributed by atoms with E-state index in [0.29, 0.717) is 33.9 Å². The van der Waals surface area contributed by atoms with Crippen molar-refractivity contribution >= 4 is 79.5 Å². The number of H-pyrrole nitrogens is 1. The molecule has 1 aromatic heterocycles. The molecule has 306 valence electrons. The third-order valence-electron chi connectivity index (χ3n) is 8.74. The Morgan fingerprint density at radius 2 is 1.07 bits per heavy atom. The second kappa shape index (κ2) is 21.3. The molecule has 0 amide bonds. The number of ether oxygens (including phenoxy) is 2. The van der Waals surface area contributed by atoms with Gasteiger partial charge in [0.15, 0.2) is 6.29 Å². The van der Waals surface area contributed by atoms with Crippen molar-refractivity contribution in [2.24, 2.45) is 0 Å². The maximum absolute atomic E-state index is 11.7. The number of hydrogen-bond acceptors (Lipinski definition) is 12. The average Bonchev–Trinajstić information content (AvgIpc) is 3.72. The number of esters is 2. The van der Waals surface area contributed by atoms with Gasteiger partial charge in [-0.1, -0.05) is 84.9 Å². The first-order valence-corrected chi connectivity index (χ1v) is 18.0. The number of hydrogen-bond donors (Lipinski definition) is 7. The molecule has 0 fully saturated rings. The molecular weight excluding hydrogens is 765 g/mol. The monoisotopic (exact) mass is 808 g/mol. The van der Waals surface area contributed by atoms with E-state index in [1.807, 2.05) is 72.8 Å². The topological polar surface area (TPSA) is 260 Å². The molecule has 0 atom stereocenters. The zero-order valence-corrected chi connectivity index (χ0v) is 33.0. The maximum Gasteiger partial charge on any atom is 0.337 e. The number of carbonyl (C=O) groups is 4. The molecule has 0 aliphatic heterocycles. The largest absolute Gasteiger partial charge is 0.478 e. The summed E-state index contributed by atoms with van der Waals surface area (Å²) in [6.07, 6.45) is 0.891. The summed E-state index contributed by atoms with van der Waals surface area (Å²) in [5.41, 5.74) is 27.7. The highest BCUT2D eigenvalue weighted by Gasteiger charge is 2.12. The van der Waals surface area contributed by atoms with Gasteiger partial charge in [-0.2, -0.15) is 0 Å². The van der Waals surface area contributed by atoms with Gasteiger partial charge in [-0.25, -0.2) is 19.4 Å². The van der Waals surface area contributed by atoms with E-state index < -0.39 is 11.9 Å². The van der Waals surface area contributed by atoms with Crippen molar-refractivity contribution in [2.45, 2.75) is 0 Å². The van der Waals surface area contributed by atoms with Crippen LogP contribution in [0, 0.1) is 0 Å². The van der Waals surface area contributed by atoms with Gasteiger partial charge in [-0.3, -0.25) is 4.79 Å². The predicted octanol–water partition coefficient (Wildman–Crippen LogP) is 7.62. The fraction of sp³-hybridized carbons (Fsp3) is 0.0652. The number of nitrogens with zero attached hydrogens (tertiary/aromatic N) is 1. The molecule has 14 nitrogen and oxygen atoms in total. The highest BCUT2D eigenvalue weighted by molar-refractivity contribution is 5.99. The van der Waals surface area contributed by atoms with E-state index in [4.69, 9.17) is 37.9 Å². The van der Waals surface area contributed by atoms with Crippen LogP contribution in [0.2, 0.25) is 0 Å². The van der Waals surface area contributed by atoms with Gasteiger partial charge in [0.25, 0.3) is 0 Å². The Morgan fingerprint density at radius 1 is 0.583 bits per heavy atom. The second-order valence-corrected chi connectivity index (χ2v) is 12.5. The molecule has 0 aliphatic rings. The van der Waals surface area contributed by atoms with Crippen molar-refractivity contribution in [2.75, 3.05) is 44.3 Å². The number of benzene rings is 7. The fourth-order valence-corrected chi connectivity index (χ4v) is 5.69. The molecule has 0 spiro atoms. The van der Waals surface area contributed by atoms with E-state index in [-0.39, 0.29) is 11.5 Å². The zero-order chi connectivity index (χ0) is 43.8. The number of aliphatic hydroxyl groups excluding tert-OH is 1. The summed E-state index contributed by atoms with van der Waals surface area (Å²) in [5, 5.41) is 19.9. The minimum absolute atomic E-state index is 0.150. The van der Waals surface area contributed by atoms with Crippen LogP contribution >= 0.6 is 0 Å². The Balaban J connectivity index is 0.000000185. The van der Waals surface area contributed by atoms with Crippen molar-refractivity contribution in [3.05, 3.63) is 162 Å². The van der Waals surface area contributed by atoms with Gasteiger partial charge < -0.3 is 47.6 Å². The van der Waals surface area contributed by atoms with Crippen molar-refractivity contribution in [1.82, 2.24) is 9.97 Å². The molecule has 0 unspecified atom stereocenters. The third-order valence-corrected chi connectivity index (χ3v) is 8.74. The Kier molecular flexibility index (Phi) is 15.8. The van der Waals surface area contributed by atoms with Gasteiger partial charge in [0.05, 0.1) is 64.7 Å². The lowest BCUT2D eigenvalue weighted by Gasteiger charge is -2.03. The predicted molar refractivity (Wildman–Crippen MR) is 237 cm³/mol. The van der Waals surface area contributed by atoms with Crippen LogP contribution in [0.3, 0.4) is 0 Å². The van der Waals surface area contributed by atoms with E-state index in [1.165, 1.54) is 43.9 Å². The molecule has 60 heavy (non-hydrogen) atoms. The number of nitrogens with one attached hydrogen (secondary N) is 1. The highest BCUT2D eigenvalue weighted by Crippen LogP contribution is 2.28. The quantitative estimate of drug-likeness (QED) is 0.0502. The van der Waals surface area contributed by atoms with E-state index in [0.717, 1.165) is 57.5 Å². The summed E-state index contributed by atoms with van der Waals surface area (Å²) in [7, 11) is 3.69. The average molecular weight is 809 g/mol. The Bertz CT molecular complexity index is 2760. The minimum atomic E-state index is -1.00. The summed E-state index contributed by atoms with van der Waals surface area (Å²) in [4.78, 5) is 51.6. The fourth-order valence-electron chi connectivity index (χ4n) is 5.69. The van der Waals surface area contributed by atoms with Crippen molar-refractivity contribution < 1.29 is 38.9 Å². The van der Waals surface area contributed by atoms with Gasteiger partial charge in [0.1, 0.15) is 5.82 Å². The number of carbonyl (C=O) groups excluding carboxylic acids is 3. The van der Waals surface area contributed by atoms with Crippen LogP contribution in [0.25, 0.3) is 44.0 Å². The van der Waals surface area contributed by atoms with Crippen LogP contribution < -0.4 is 22.9 Å². The first kappa shape index (κ1) is 44.5. The van der Waals surface area contributed by atoms with Crippen molar-refractivity contribution in [3.63, 3.8) is 0 Å². The maximum atomic E-state index is 11.7. The number of methoxy groups -OCH3 is 2. The lowest BCUT2D eigenvalue weighted by Crippen LogP contribution is -2.03. The standard InChI is InChI=1S/C19H14N2O2.C11H8O.C8H10N2O2.C7H8N2O2.CH4O/c1-23-19(22)13-9-10-16-17(11-13)21-18(20-16)15-8-4-6-12-5-2-3-7-14(12)15;12-8-10-6-3-5-9-4-1-2-7-11(9)10;1-12-8(11)5-2-3-6(9)7(10)4-5;8-5-2-1-4(7(10)11)3-6(5)9;1-2/h2-11H,1H3,(H,20,21);1-8H;2-4H,9-10H2,1H3;1-3H,8-9H2,(H,10,11);2H,1H3. The molecule has 14 heteroatoms. The zero-order valence-electron chi connectivity index (χ0n) is 33.0. The van der Waals surface area contributed by atoms with E-state index in [1.54, 1.807) is 24.3 Å². The number of anilines is 4. The summed E-state index contributed by atoms with van der Waals surface area (Å²) in [6, 6.07) is 42.1. The smallest absolute Gasteiger partial charge is 0.337 e. The number of aldehydes is 1. The number of carboxylic acids is 1. The number of aromatic amines is 1. The number of nitrogen functional groups attached to an aromatic ring is 4. The van der Waals surface area contributed by atoms with Crippen LogP contribution in [0.15, 0.2) is 140 Å². The molecule has 0 aliphatic carbocycles. The number of aromatic nitrogens is 2. The van der Waals surface area contributed by atoms with E-state index >= 15 is 0 Å². The molecule has 0 radical (unpaired) electrons. The molecule has 7 aromatic carbocycles. The number of imidazole rings is 1. The Labute approximate surface area is 345 Å². The van der Waals surface area contributed by atoms with Gasteiger partial charge in [0, 0.05) is 18.2 Å². The SMILES string of the molecule is CO.COC(=O)c1ccc(N)c(N)c1.COC(=O)c1ccc2nc(-c3cccc4ccccc34)[nH]c2c1.Nc1ccc(C(=O)O)cc1N.O=Cc1cccc2ccccc12. The molecule has 11 N–H and O–H groups in total. The molecule has 1 heterocycles. The number of aromatic carboxylic acids is 1. The molecule has 0 bridgehead atoms. The second-order valence-electron chi connectivity index (χ2n) is 12.5. The number of rotatable bonds is 5. The molecule has 8 rings (SSSR count). The summed E-state index contributed by atoms with van der Waals surface area (Å²) in [5.74, 6) is -0.981. The summed E-state index contributed by atoms with van der Waals surface area (Å²) >= 11 is 0. The van der Waals surface area contributed by atoms with Crippen molar-refractivity contribution in [1.29, 1.82) is 0 Å². The summed E-state index contributed by atoms with van der Waals surface area (Å²) < 4.78 is 9.26. The van der Waals surface area contributed by atoms with Gasteiger partial charge in [0.2, 0.25) is 0 Å². The molecule has 8 aromatic rings. The number of nitrogens with two attached hydrogens (primary N) is 4. The van der Waals surface area contributed by atoms with Gasteiger partial charge in [-0.05, 0) is 76.1 Å². The Morgan fingerprint density at radius 3 is 1.63 bits per heavy atom. The normalized spacial score (nSPS) is 9.93. The molecular formula is C46H44N6O8. The minimum Gasteiger partial charge on any atom is -0.478 e. The number of carboxylic acid groups (broad SMARTS) is 1. The first-order chi connectivity index (χ1) is 28.9. The van der Waals surface area contributed by atoms with Crippen LogP contribution in [0.1, 0.15) is 41.4 Å². The lowest BCUT2D eigenvalue weighted by atomic mass is 10.0. The number of aliphatic hydroxyl groups is 1. The van der Waals surface area contributed by atoms with Gasteiger partial charge in [-0.15, -0.1) is 0 Å². The molecule has 0 saturated heterocycles. The van der Waals surface area contributed by atoms with Crippen LogP contribution in [-0.4, -0.2) is 65.7 Å². The lowest BCUT2D eigenvalue weighted by molar-refractivity contribution is 0.0592. The number of fused-ring (bicyclic) bond motifs is 3. The first-order valence-electron chi connectivity index (χ1n) is 18.0. The highest BCUT2D eigenvalue weighted by atomic mass is 16.5. The molecule has 0 saturated carbocycles. The van der Waals surface area contributed by atoms with Crippen LogP contribution in [0.5, 0.6) is 0 Å². The third kappa shape index (κ3) is 11.2. The Hall–Kier alpha value is -8.23. The van der Waals surface area contributed by atoms with E-state index in [2.05, 4.69) is 32.9 Å². The van der Waals surface area contributed by atoms with Crippen LogP contribution in [-0.2, 0) is 9.47 Å². The van der Waals surface area contributed by atoms with Gasteiger partial charge >= 0.3 is 17.9 Å².